The minimum atomic E-state index is -4.82. The van der Waals surface area contributed by atoms with Gasteiger partial charge in [-0.1, -0.05) is 15.9 Å². The SMILES string of the molecule is [B]C1([B])c2ncccc2C(=O)N1Cc1c(F)cc(Br)cc1C(F)(F)F. The average molecular weight is 409 g/mol. The second kappa shape index (κ2) is 5.86. The van der Waals surface area contributed by atoms with E-state index in [2.05, 4.69) is 20.9 Å². The molecule has 3 rings (SSSR count). The van der Waals surface area contributed by atoms with Crippen LogP contribution in [0.2, 0.25) is 0 Å². The van der Waals surface area contributed by atoms with Gasteiger partial charge in [0.1, 0.15) is 5.82 Å². The van der Waals surface area contributed by atoms with E-state index in [-0.39, 0.29) is 15.7 Å². The number of carbonyl (C=O) groups excluding carboxylic acids is 1. The number of pyridine rings is 1. The molecule has 124 valence electrons. The molecule has 25 heavy (non-hydrogen) atoms. The zero-order chi connectivity index (χ0) is 18.6. The van der Waals surface area contributed by atoms with Gasteiger partial charge in [-0.15, -0.1) is 0 Å². The Morgan fingerprint density at radius 1 is 1.28 bits per heavy atom. The van der Waals surface area contributed by atoms with Crippen molar-refractivity contribution in [3.8, 4) is 0 Å². The maximum atomic E-state index is 14.2. The number of benzene rings is 1. The first-order chi connectivity index (χ1) is 11.5. The highest BCUT2D eigenvalue weighted by Crippen LogP contribution is 2.39. The summed E-state index contributed by atoms with van der Waals surface area (Å²) in [7, 11) is 11.8. The molecule has 4 radical (unpaired) electrons. The lowest BCUT2D eigenvalue weighted by Crippen LogP contribution is -2.45. The van der Waals surface area contributed by atoms with Crippen molar-refractivity contribution in [2.45, 2.75) is 18.1 Å². The Morgan fingerprint density at radius 2 is 1.96 bits per heavy atom. The highest BCUT2D eigenvalue weighted by Gasteiger charge is 2.44. The van der Waals surface area contributed by atoms with E-state index >= 15 is 0 Å². The minimum absolute atomic E-state index is 0.0195. The number of fused-ring (bicyclic) bond motifs is 1. The number of hydrogen-bond acceptors (Lipinski definition) is 2. The van der Waals surface area contributed by atoms with Crippen molar-refractivity contribution in [3.05, 3.63) is 63.1 Å². The summed E-state index contributed by atoms with van der Waals surface area (Å²) in [5, 5.41) is -1.95. The molecule has 0 spiro atoms. The molecule has 10 heteroatoms. The molecule has 0 N–H and O–H groups in total. The van der Waals surface area contributed by atoms with Gasteiger partial charge in [0.15, 0.2) is 0 Å². The number of rotatable bonds is 2. The van der Waals surface area contributed by atoms with E-state index < -0.39 is 40.9 Å². The van der Waals surface area contributed by atoms with Gasteiger partial charge in [-0.05, 0) is 24.3 Å². The summed E-state index contributed by atoms with van der Waals surface area (Å²) >= 11 is 2.83. The first kappa shape index (κ1) is 18.0. The largest absolute Gasteiger partial charge is 0.416 e. The molecule has 0 unspecified atom stereocenters. The molecule has 0 atom stereocenters. The molecule has 1 aliphatic heterocycles. The van der Waals surface area contributed by atoms with E-state index in [1.165, 1.54) is 18.3 Å². The fourth-order valence-electron chi connectivity index (χ4n) is 2.72. The third-order valence-corrected chi connectivity index (χ3v) is 4.35. The number of nitrogens with zero attached hydrogens (tertiary/aromatic N) is 2. The number of carbonyl (C=O) groups is 1. The van der Waals surface area contributed by atoms with Crippen LogP contribution in [-0.4, -0.2) is 31.5 Å². The van der Waals surface area contributed by atoms with Gasteiger partial charge in [-0.2, -0.15) is 13.2 Å². The van der Waals surface area contributed by atoms with E-state index in [0.29, 0.717) is 0 Å². The van der Waals surface area contributed by atoms with Gasteiger partial charge < -0.3 is 4.90 Å². The highest BCUT2D eigenvalue weighted by atomic mass is 79.9. The Morgan fingerprint density at radius 3 is 2.56 bits per heavy atom. The van der Waals surface area contributed by atoms with Crippen LogP contribution >= 0.6 is 15.9 Å². The van der Waals surface area contributed by atoms with Crippen LogP contribution in [0, 0.1) is 5.82 Å². The molecule has 1 amide bonds. The summed E-state index contributed by atoms with van der Waals surface area (Å²) in [6.45, 7) is -0.754. The fraction of sp³-hybridized carbons (Fsp3) is 0.200. The molecule has 1 aromatic carbocycles. The lowest BCUT2D eigenvalue weighted by atomic mass is 9.59. The van der Waals surface area contributed by atoms with Crippen LogP contribution in [0.4, 0.5) is 17.6 Å². The Labute approximate surface area is 151 Å². The van der Waals surface area contributed by atoms with Crippen LogP contribution in [0.15, 0.2) is 34.9 Å². The Bertz CT molecular complexity index is 873. The quantitative estimate of drug-likeness (QED) is 0.565. The normalized spacial score (nSPS) is 16.2. The summed E-state index contributed by atoms with van der Waals surface area (Å²) in [4.78, 5) is 17.2. The molecular formula is C15H7B2BrF4N2O. The van der Waals surface area contributed by atoms with Crippen LogP contribution < -0.4 is 0 Å². The lowest BCUT2D eigenvalue weighted by molar-refractivity contribution is -0.138. The van der Waals surface area contributed by atoms with Crippen molar-refractivity contribution >= 4 is 37.5 Å². The fourth-order valence-corrected chi connectivity index (χ4v) is 3.15. The van der Waals surface area contributed by atoms with E-state index in [1.54, 1.807) is 0 Å². The van der Waals surface area contributed by atoms with E-state index in [4.69, 9.17) is 15.7 Å². The van der Waals surface area contributed by atoms with Crippen LogP contribution in [0.1, 0.15) is 27.2 Å². The van der Waals surface area contributed by atoms with Crippen LogP contribution in [0.3, 0.4) is 0 Å². The van der Waals surface area contributed by atoms with E-state index in [9.17, 15) is 22.4 Å². The van der Waals surface area contributed by atoms with Crippen molar-refractivity contribution in [1.82, 2.24) is 9.88 Å². The summed E-state index contributed by atoms with van der Waals surface area (Å²) in [5.41, 5.74) is -1.85. The number of amides is 1. The molecule has 1 aliphatic rings. The Balaban J connectivity index is 2.09. The van der Waals surface area contributed by atoms with Crippen molar-refractivity contribution in [3.63, 3.8) is 0 Å². The molecule has 0 fully saturated rings. The second-order valence-electron chi connectivity index (χ2n) is 5.53. The topological polar surface area (TPSA) is 33.2 Å². The summed E-state index contributed by atoms with van der Waals surface area (Å²) < 4.78 is 54.0. The average Bonchev–Trinajstić information content (AvgIpc) is 2.69. The van der Waals surface area contributed by atoms with Crippen molar-refractivity contribution < 1.29 is 22.4 Å². The van der Waals surface area contributed by atoms with Crippen molar-refractivity contribution in [2.75, 3.05) is 0 Å². The Kier molecular flexibility index (Phi) is 4.21. The Hall–Kier alpha value is -1.83. The summed E-state index contributed by atoms with van der Waals surface area (Å²) in [6, 6.07) is 4.49. The highest BCUT2D eigenvalue weighted by molar-refractivity contribution is 9.10. The zero-order valence-corrected chi connectivity index (χ0v) is 14.0. The third-order valence-electron chi connectivity index (χ3n) is 3.89. The van der Waals surface area contributed by atoms with Crippen molar-refractivity contribution in [2.24, 2.45) is 0 Å². The van der Waals surface area contributed by atoms with Gasteiger partial charge in [0, 0.05) is 28.1 Å². The standard InChI is InChI=1S/C15H7B2BrF4N2O/c16-14(17)12-8(2-1-3-23-12)13(25)24(14)6-9-10(15(20,21)22)4-7(18)5-11(9)19/h1-5H,6H2. The monoisotopic (exact) mass is 408 g/mol. The summed E-state index contributed by atoms with van der Waals surface area (Å²) in [6.07, 6.45) is -3.47. The first-order valence-electron chi connectivity index (χ1n) is 6.94. The van der Waals surface area contributed by atoms with Gasteiger partial charge in [-0.25, -0.2) is 4.39 Å². The molecule has 2 aromatic rings. The molecular weight excluding hydrogens is 402 g/mol. The van der Waals surface area contributed by atoms with Crippen LogP contribution in [0.25, 0.3) is 0 Å². The molecule has 3 nitrogen and oxygen atoms in total. The number of hydrogen-bond donors (Lipinski definition) is 0. The van der Waals surface area contributed by atoms with Gasteiger partial charge in [0.05, 0.1) is 32.5 Å². The lowest BCUT2D eigenvalue weighted by Gasteiger charge is -2.34. The number of aromatic nitrogens is 1. The van der Waals surface area contributed by atoms with Gasteiger partial charge in [-0.3, -0.25) is 9.78 Å². The van der Waals surface area contributed by atoms with Gasteiger partial charge in [0.25, 0.3) is 5.91 Å². The van der Waals surface area contributed by atoms with Gasteiger partial charge in [0.2, 0.25) is 0 Å². The predicted molar refractivity (Wildman–Crippen MR) is 86.4 cm³/mol. The van der Waals surface area contributed by atoms with E-state index in [0.717, 1.165) is 17.0 Å². The van der Waals surface area contributed by atoms with E-state index in [1.807, 2.05) is 0 Å². The minimum Gasteiger partial charge on any atom is -0.340 e. The molecule has 0 aliphatic carbocycles. The molecule has 0 saturated heterocycles. The predicted octanol–water partition coefficient (Wildman–Crippen LogP) is 3.11. The second-order valence-corrected chi connectivity index (χ2v) is 6.44. The smallest absolute Gasteiger partial charge is 0.340 e. The maximum Gasteiger partial charge on any atom is 0.416 e. The zero-order valence-electron chi connectivity index (χ0n) is 12.4. The molecule has 0 bridgehead atoms. The summed E-state index contributed by atoms with van der Waals surface area (Å²) in [5.74, 6) is -1.85. The molecule has 2 heterocycles. The molecule has 0 saturated carbocycles. The maximum absolute atomic E-state index is 14.2. The van der Waals surface area contributed by atoms with Crippen LogP contribution in [0.5, 0.6) is 0 Å². The van der Waals surface area contributed by atoms with Crippen molar-refractivity contribution in [1.29, 1.82) is 0 Å². The third kappa shape index (κ3) is 2.96. The first-order valence-corrected chi connectivity index (χ1v) is 7.73. The molecule has 1 aromatic heterocycles. The number of alkyl halides is 3. The number of halogens is 5. The van der Waals surface area contributed by atoms with Gasteiger partial charge >= 0.3 is 6.18 Å². The van der Waals surface area contributed by atoms with Crippen LogP contribution in [-0.2, 0) is 18.1 Å².